The van der Waals surface area contributed by atoms with Gasteiger partial charge in [0.1, 0.15) is 6.54 Å². The first kappa shape index (κ1) is 20.0. The van der Waals surface area contributed by atoms with Gasteiger partial charge in [-0.3, -0.25) is 4.79 Å². The van der Waals surface area contributed by atoms with Crippen molar-refractivity contribution >= 4 is 11.9 Å². The predicted molar refractivity (Wildman–Crippen MR) is 98.2 cm³/mol. The normalized spacial score (nSPS) is 11.2. The van der Waals surface area contributed by atoms with E-state index in [9.17, 15) is 4.79 Å². The molecule has 0 aliphatic rings. The third kappa shape index (κ3) is 9.84. The monoisotopic (exact) mass is 334 g/mol. The fourth-order valence-electron chi connectivity index (χ4n) is 2.06. The van der Waals surface area contributed by atoms with E-state index >= 15 is 0 Å². The van der Waals surface area contributed by atoms with Crippen LogP contribution in [-0.4, -0.2) is 51.3 Å². The van der Waals surface area contributed by atoms with Crippen molar-refractivity contribution < 1.29 is 9.53 Å². The van der Waals surface area contributed by atoms with Gasteiger partial charge in [0.2, 0.25) is 5.91 Å². The Hall–Kier alpha value is -2.08. The third-order valence-electron chi connectivity index (χ3n) is 3.27. The van der Waals surface area contributed by atoms with E-state index in [4.69, 9.17) is 4.74 Å². The topological polar surface area (TPSA) is 74.8 Å². The lowest BCUT2D eigenvalue weighted by Crippen LogP contribution is -2.39. The van der Waals surface area contributed by atoms with E-state index < -0.39 is 0 Å². The summed E-state index contributed by atoms with van der Waals surface area (Å²) < 4.78 is 5.29. The molecular formula is C18H30N4O2. The van der Waals surface area contributed by atoms with E-state index in [2.05, 4.69) is 33.1 Å². The zero-order valence-electron chi connectivity index (χ0n) is 14.8. The summed E-state index contributed by atoms with van der Waals surface area (Å²) in [6.45, 7) is 7.70. The number of hydrogen-bond acceptors (Lipinski definition) is 3. The summed E-state index contributed by atoms with van der Waals surface area (Å²) in [5, 5.41) is 9.22. The van der Waals surface area contributed by atoms with Crippen LogP contribution in [0, 0.1) is 0 Å². The minimum atomic E-state index is -0.0718. The van der Waals surface area contributed by atoms with E-state index in [0.717, 1.165) is 39.1 Å². The van der Waals surface area contributed by atoms with Crippen molar-refractivity contribution in [3.63, 3.8) is 0 Å². The first-order valence-corrected chi connectivity index (χ1v) is 8.66. The molecule has 0 aromatic heterocycles. The molecule has 6 heteroatoms. The van der Waals surface area contributed by atoms with Crippen molar-refractivity contribution in [3.05, 3.63) is 35.9 Å². The number of guanidine groups is 1. The van der Waals surface area contributed by atoms with Gasteiger partial charge in [0.25, 0.3) is 0 Å². The van der Waals surface area contributed by atoms with E-state index in [1.165, 1.54) is 5.56 Å². The van der Waals surface area contributed by atoms with Gasteiger partial charge in [0.05, 0.1) is 0 Å². The highest BCUT2D eigenvalue weighted by molar-refractivity contribution is 5.84. The highest BCUT2D eigenvalue weighted by Gasteiger charge is 2.02. The molecule has 0 unspecified atom stereocenters. The molecule has 0 aliphatic heterocycles. The van der Waals surface area contributed by atoms with E-state index in [-0.39, 0.29) is 12.5 Å². The van der Waals surface area contributed by atoms with E-state index in [1.807, 2.05) is 32.0 Å². The summed E-state index contributed by atoms with van der Waals surface area (Å²) in [6, 6.07) is 10.1. The number of benzene rings is 1. The molecule has 1 aromatic rings. The number of carbonyl (C=O) groups is 1. The molecule has 0 aliphatic carbocycles. The van der Waals surface area contributed by atoms with Crippen molar-refractivity contribution in [2.24, 2.45) is 4.99 Å². The highest BCUT2D eigenvalue weighted by Crippen LogP contribution is 1.97. The Kier molecular flexibility index (Phi) is 11.1. The summed E-state index contributed by atoms with van der Waals surface area (Å²) in [7, 11) is 0. The fraction of sp³-hybridized carbons (Fsp3) is 0.556. The maximum absolute atomic E-state index is 11.9. The van der Waals surface area contributed by atoms with Gasteiger partial charge in [-0.25, -0.2) is 4.99 Å². The number of aliphatic imine (C=N–C) groups is 1. The van der Waals surface area contributed by atoms with Gasteiger partial charge in [-0.15, -0.1) is 0 Å². The summed E-state index contributed by atoms with van der Waals surface area (Å²) in [4.78, 5) is 16.2. The Balaban J connectivity index is 2.24. The smallest absolute Gasteiger partial charge is 0.241 e. The molecule has 1 amide bonds. The van der Waals surface area contributed by atoms with Crippen molar-refractivity contribution in [1.82, 2.24) is 16.0 Å². The molecule has 0 saturated carbocycles. The number of nitrogens with zero attached hydrogens (tertiary/aromatic N) is 1. The van der Waals surface area contributed by atoms with Crippen LogP contribution in [0.1, 0.15) is 25.8 Å². The zero-order chi connectivity index (χ0) is 17.5. The maximum Gasteiger partial charge on any atom is 0.241 e. The van der Waals surface area contributed by atoms with E-state index in [0.29, 0.717) is 12.5 Å². The Morgan fingerprint density at radius 2 is 1.88 bits per heavy atom. The fourth-order valence-corrected chi connectivity index (χ4v) is 2.06. The summed E-state index contributed by atoms with van der Waals surface area (Å²) in [5.41, 5.74) is 1.21. The van der Waals surface area contributed by atoms with E-state index in [1.54, 1.807) is 0 Å². The molecule has 0 bridgehead atoms. The van der Waals surface area contributed by atoms with Gasteiger partial charge in [-0.05, 0) is 32.3 Å². The Morgan fingerprint density at radius 1 is 1.08 bits per heavy atom. The molecule has 0 fully saturated rings. The highest BCUT2D eigenvalue weighted by atomic mass is 16.5. The minimum absolute atomic E-state index is 0.0718. The molecule has 134 valence electrons. The number of ether oxygens (including phenoxy) is 1. The summed E-state index contributed by atoms with van der Waals surface area (Å²) in [5.74, 6) is 0.588. The van der Waals surface area contributed by atoms with Gasteiger partial charge in [-0.1, -0.05) is 30.3 Å². The average Bonchev–Trinajstić information content (AvgIpc) is 2.60. The van der Waals surface area contributed by atoms with Gasteiger partial charge >= 0.3 is 0 Å². The lowest BCUT2D eigenvalue weighted by molar-refractivity contribution is -0.119. The maximum atomic E-state index is 11.9. The lowest BCUT2D eigenvalue weighted by Gasteiger charge is -2.11. The molecule has 6 nitrogen and oxygen atoms in total. The number of nitrogens with one attached hydrogen (secondary N) is 3. The number of rotatable bonds is 11. The summed E-state index contributed by atoms with van der Waals surface area (Å²) in [6.07, 6.45) is 1.73. The molecular weight excluding hydrogens is 304 g/mol. The van der Waals surface area contributed by atoms with Gasteiger partial charge in [0.15, 0.2) is 5.96 Å². The minimum Gasteiger partial charge on any atom is -0.382 e. The van der Waals surface area contributed by atoms with Gasteiger partial charge in [0, 0.05) is 32.8 Å². The Labute approximate surface area is 145 Å². The van der Waals surface area contributed by atoms with Crippen LogP contribution >= 0.6 is 0 Å². The van der Waals surface area contributed by atoms with Crippen LogP contribution in [0.15, 0.2) is 35.3 Å². The van der Waals surface area contributed by atoms with Crippen molar-refractivity contribution in [2.75, 3.05) is 39.4 Å². The molecule has 3 N–H and O–H groups in total. The second-order valence-electron chi connectivity index (χ2n) is 5.26. The SMILES string of the molecule is CCNC(=NCC(=O)NCCc1ccccc1)NCCCOCC. The average molecular weight is 334 g/mol. The largest absolute Gasteiger partial charge is 0.382 e. The quantitative estimate of drug-likeness (QED) is 0.324. The number of hydrogen-bond donors (Lipinski definition) is 3. The molecule has 1 rings (SSSR count). The van der Waals surface area contributed by atoms with Crippen LogP contribution in [0.3, 0.4) is 0 Å². The second kappa shape index (κ2) is 13.4. The Morgan fingerprint density at radius 3 is 2.58 bits per heavy atom. The number of carbonyl (C=O) groups excluding carboxylic acids is 1. The first-order chi connectivity index (χ1) is 11.8. The summed E-state index contributed by atoms with van der Waals surface area (Å²) >= 11 is 0. The standard InChI is InChI=1S/C18H30N4O2/c1-3-19-18(21-12-8-14-24-4-2)22-15-17(23)20-13-11-16-9-6-5-7-10-16/h5-7,9-10H,3-4,8,11-15H2,1-2H3,(H,20,23)(H2,19,21,22). The van der Waals surface area contributed by atoms with Crippen LogP contribution in [0.25, 0.3) is 0 Å². The zero-order valence-corrected chi connectivity index (χ0v) is 14.8. The first-order valence-electron chi connectivity index (χ1n) is 8.66. The third-order valence-corrected chi connectivity index (χ3v) is 3.27. The van der Waals surface area contributed by atoms with Crippen LogP contribution < -0.4 is 16.0 Å². The van der Waals surface area contributed by atoms with Crippen LogP contribution in [0.2, 0.25) is 0 Å². The molecule has 24 heavy (non-hydrogen) atoms. The molecule has 0 spiro atoms. The van der Waals surface area contributed by atoms with Gasteiger partial charge < -0.3 is 20.7 Å². The second-order valence-corrected chi connectivity index (χ2v) is 5.26. The molecule has 0 radical (unpaired) electrons. The number of amides is 1. The van der Waals surface area contributed by atoms with Crippen LogP contribution in [0.5, 0.6) is 0 Å². The molecule has 0 heterocycles. The van der Waals surface area contributed by atoms with Crippen molar-refractivity contribution in [1.29, 1.82) is 0 Å². The lowest BCUT2D eigenvalue weighted by atomic mass is 10.1. The van der Waals surface area contributed by atoms with Crippen molar-refractivity contribution in [3.8, 4) is 0 Å². The Bertz CT molecular complexity index is 477. The molecule has 0 saturated heterocycles. The van der Waals surface area contributed by atoms with Crippen LogP contribution in [0.4, 0.5) is 0 Å². The van der Waals surface area contributed by atoms with Crippen molar-refractivity contribution in [2.45, 2.75) is 26.7 Å². The van der Waals surface area contributed by atoms with Crippen LogP contribution in [-0.2, 0) is 16.0 Å². The predicted octanol–water partition coefficient (Wildman–Crippen LogP) is 1.33. The van der Waals surface area contributed by atoms with Gasteiger partial charge in [-0.2, -0.15) is 0 Å². The molecule has 1 aromatic carbocycles. The molecule has 0 atom stereocenters.